The second kappa shape index (κ2) is 6.28. The number of aliphatic hydroxyl groups is 1. The zero-order valence-electron chi connectivity index (χ0n) is 12.4. The molecule has 1 aliphatic heterocycles. The first kappa shape index (κ1) is 15.5. The molecule has 1 N–H and O–H groups in total. The summed E-state index contributed by atoms with van der Waals surface area (Å²) in [6, 6.07) is 4.42. The number of hydrogen-bond acceptors (Lipinski definition) is 2. The number of aliphatic hydroxyl groups excluding tert-OH is 1. The third kappa shape index (κ3) is 3.43. The van der Waals surface area contributed by atoms with E-state index in [4.69, 9.17) is 5.11 Å². The number of hydrogen-bond donors (Lipinski definition) is 1. The lowest BCUT2D eigenvalue weighted by atomic mass is 10.0. The number of rotatable bonds is 2. The Morgan fingerprint density at radius 2 is 2.24 bits per heavy atom. The maximum Gasteiger partial charge on any atom is 0.257 e. The predicted molar refractivity (Wildman–Crippen MR) is 79.3 cm³/mol. The molecule has 1 aromatic carbocycles. The van der Waals surface area contributed by atoms with Gasteiger partial charge in [0.05, 0.1) is 12.2 Å². The van der Waals surface area contributed by atoms with Crippen LogP contribution in [0.1, 0.15) is 49.0 Å². The molecule has 0 unspecified atom stereocenters. The van der Waals surface area contributed by atoms with Crippen LogP contribution in [0.4, 0.5) is 4.39 Å². The van der Waals surface area contributed by atoms with Gasteiger partial charge in [-0.1, -0.05) is 11.8 Å². The monoisotopic (exact) mass is 289 g/mol. The number of halogens is 1. The predicted octanol–water partition coefficient (Wildman–Crippen LogP) is 2.57. The highest BCUT2D eigenvalue weighted by Crippen LogP contribution is 2.30. The minimum atomic E-state index is -0.543. The fraction of sp³-hybridized carbons (Fsp3) is 0.471. The van der Waals surface area contributed by atoms with Crippen LogP contribution >= 0.6 is 0 Å². The summed E-state index contributed by atoms with van der Waals surface area (Å²) in [5.41, 5.74) is 0.388. The number of carbonyl (C=O) groups excluding carboxylic acids is 1. The van der Waals surface area contributed by atoms with Crippen LogP contribution in [-0.4, -0.2) is 34.6 Å². The fourth-order valence-corrected chi connectivity index (χ4v) is 2.62. The van der Waals surface area contributed by atoms with Gasteiger partial charge in [0.25, 0.3) is 5.91 Å². The van der Waals surface area contributed by atoms with E-state index in [1.54, 1.807) is 11.0 Å². The second-order valence-corrected chi connectivity index (χ2v) is 5.84. The maximum atomic E-state index is 14.2. The van der Waals surface area contributed by atoms with Gasteiger partial charge >= 0.3 is 0 Å². The average molecular weight is 289 g/mol. The van der Waals surface area contributed by atoms with Crippen LogP contribution in [0.3, 0.4) is 0 Å². The van der Waals surface area contributed by atoms with Crippen LogP contribution in [0.25, 0.3) is 0 Å². The van der Waals surface area contributed by atoms with Crippen molar-refractivity contribution in [3.63, 3.8) is 0 Å². The SMILES string of the molecule is CC1(C)CCCN1C(=O)c1ccc(C#CCCO)cc1F. The van der Waals surface area contributed by atoms with E-state index in [-0.39, 0.29) is 23.6 Å². The van der Waals surface area contributed by atoms with E-state index >= 15 is 0 Å². The summed E-state index contributed by atoms with van der Waals surface area (Å²) in [4.78, 5) is 14.2. The van der Waals surface area contributed by atoms with Crippen molar-refractivity contribution in [3.8, 4) is 11.8 Å². The highest BCUT2D eigenvalue weighted by atomic mass is 19.1. The van der Waals surface area contributed by atoms with Crippen molar-refractivity contribution < 1.29 is 14.3 Å². The Bertz CT molecular complexity index is 599. The highest BCUT2D eigenvalue weighted by molar-refractivity contribution is 5.95. The number of amides is 1. The van der Waals surface area contributed by atoms with Gasteiger partial charge in [-0.05, 0) is 44.9 Å². The van der Waals surface area contributed by atoms with Crippen molar-refractivity contribution in [1.29, 1.82) is 0 Å². The molecule has 1 saturated heterocycles. The standard InChI is InChI=1S/C17H20FNO2/c1-17(2)9-5-10-19(17)16(21)14-8-7-13(12-15(14)18)6-3-4-11-20/h7-8,12,20H,4-5,9-11H2,1-2H3. The third-order valence-electron chi connectivity index (χ3n) is 3.82. The lowest BCUT2D eigenvalue weighted by Crippen LogP contribution is -2.42. The van der Waals surface area contributed by atoms with E-state index in [9.17, 15) is 9.18 Å². The third-order valence-corrected chi connectivity index (χ3v) is 3.82. The van der Waals surface area contributed by atoms with E-state index in [0.717, 1.165) is 12.8 Å². The van der Waals surface area contributed by atoms with Crippen LogP contribution in [0.15, 0.2) is 18.2 Å². The van der Waals surface area contributed by atoms with Gasteiger partial charge in [-0.3, -0.25) is 4.79 Å². The summed E-state index contributed by atoms with van der Waals surface area (Å²) >= 11 is 0. The summed E-state index contributed by atoms with van der Waals surface area (Å²) in [6.45, 7) is 4.66. The van der Waals surface area contributed by atoms with Gasteiger partial charge in [0, 0.05) is 24.1 Å². The average Bonchev–Trinajstić information content (AvgIpc) is 2.78. The topological polar surface area (TPSA) is 40.5 Å². The van der Waals surface area contributed by atoms with Gasteiger partial charge in [-0.25, -0.2) is 4.39 Å². The molecule has 2 rings (SSSR count). The molecule has 4 heteroatoms. The van der Waals surface area contributed by atoms with Gasteiger partial charge in [-0.2, -0.15) is 0 Å². The molecule has 0 bridgehead atoms. The number of carbonyl (C=O) groups is 1. The van der Waals surface area contributed by atoms with Gasteiger partial charge < -0.3 is 10.0 Å². The first-order chi connectivity index (χ1) is 9.95. The van der Waals surface area contributed by atoms with Gasteiger partial charge in [-0.15, -0.1) is 0 Å². The number of nitrogens with zero attached hydrogens (tertiary/aromatic N) is 1. The quantitative estimate of drug-likeness (QED) is 0.850. The summed E-state index contributed by atoms with van der Waals surface area (Å²) in [6.07, 6.45) is 2.24. The van der Waals surface area contributed by atoms with Crippen LogP contribution < -0.4 is 0 Å². The van der Waals surface area contributed by atoms with E-state index in [1.807, 2.05) is 13.8 Å². The molecular weight excluding hydrogens is 269 g/mol. The molecule has 0 spiro atoms. The van der Waals surface area contributed by atoms with E-state index in [2.05, 4.69) is 11.8 Å². The second-order valence-electron chi connectivity index (χ2n) is 5.84. The van der Waals surface area contributed by atoms with E-state index in [1.165, 1.54) is 12.1 Å². The molecule has 0 radical (unpaired) electrons. The molecule has 1 heterocycles. The molecular formula is C17H20FNO2. The Labute approximate surface area is 124 Å². The molecule has 112 valence electrons. The normalized spacial score (nSPS) is 16.5. The molecule has 0 aromatic heterocycles. The number of likely N-dealkylation sites (tertiary alicyclic amines) is 1. The Hall–Kier alpha value is -1.86. The maximum absolute atomic E-state index is 14.2. The van der Waals surface area contributed by atoms with E-state index < -0.39 is 5.82 Å². The van der Waals surface area contributed by atoms with Crippen LogP contribution in [0.5, 0.6) is 0 Å². The van der Waals surface area contributed by atoms with Gasteiger partial charge in [0.2, 0.25) is 0 Å². The first-order valence-electron chi connectivity index (χ1n) is 7.17. The molecule has 1 aliphatic rings. The van der Waals surface area contributed by atoms with Crippen molar-refractivity contribution in [3.05, 3.63) is 35.1 Å². The van der Waals surface area contributed by atoms with Gasteiger partial charge in [0.15, 0.2) is 0 Å². The van der Waals surface area contributed by atoms with Crippen molar-refractivity contribution in [1.82, 2.24) is 4.90 Å². The smallest absolute Gasteiger partial charge is 0.257 e. The minimum Gasteiger partial charge on any atom is -0.395 e. The Morgan fingerprint density at radius 3 is 2.81 bits per heavy atom. The molecule has 0 atom stereocenters. The molecule has 1 aromatic rings. The van der Waals surface area contributed by atoms with Crippen molar-refractivity contribution in [2.24, 2.45) is 0 Å². The minimum absolute atomic E-state index is 0.0178. The Morgan fingerprint density at radius 1 is 1.48 bits per heavy atom. The highest BCUT2D eigenvalue weighted by Gasteiger charge is 2.36. The zero-order valence-corrected chi connectivity index (χ0v) is 12.4. The van der Waals surface area contributed by atoms with E-state index in [0.29, 0.717) is 18.5 Å². The molecule has 1 amide bonds. The zero-order chi connectivity index (χ0) is 15.5. The van der Waals surface area contributed by atoms with Crippen LogP contribution in [-0.2, 0) is 0 Å². The fourth-order valence-electron chi connectivity index (χ4n) is 2.62. The van der Waals surface area contributed by atoms with Crippen molar-refractivity contribution in [2.45, 2.75) is 38.6 Å². The van der Waals surface area contributed by atoms with Gasteiger partial charge in [0.1, 0.15) is 5.82 Å². The lowest BCUT2D eigenvalue weighted by Gasteiger charge is -2.31. The molecule has 1 fully saturated rings. The number of benzene rings is 1. The molecule has 21 heavy (non-hydrogen) atoms. The van der Waals surface area contributed by atoms with Crippen LogP contribution in [0.2, 0.25) is 0 Å². The van der Waals surface area contributed by atoms with Crippen LogP contribution in [0, 0.1) is 17.7 Å². The Kier molecular flexibility index (Phi) is 4.64. The summed E-state index contributed by atoms with van der Waals surface area (Å²) in [5, 5.41) is 8.66. The first-order valence-corrected chi connectivity index (χ1v) is 7.17. The molecule has 3 nitrogen and oxygen atoms in total. The summed E-state index contributed by atoms with van der Waals surface area (Å²) < 4.78 is 14.2. The lowest BCUT2D eigenvalue weighted by molar-refractivity contribution is 0.0647. The van der Waals surface area contributed by atoms with Crippen molar-refractivity contribution >= 4 is 5.91 Å². The Balaban J connectivity index is 2.22. The summed E-state index contributed by atoms with van der Waals surface area (Å²) in [5.74, 6) is 4.69. The summed E-state index contributed by atoms with van der Waals surface area (Å²) in [7, 11) is 0. The molecule has 0 aliphatic carbocycles. The molecule has 0 saturated carbocycles. The largest absolute Gasteiger partial charge is 0.395 e. The van der Waals surface area contributed by atoms with Crippen molar-refractivity contribution in [2.75, 3.05) is 13.2 Å².